The van der Waals surface area contributed by atoms with Gasteiger partial charge in [-0.2, -0.15) is 0 Å². The van der Waals surface area contributed by atoms with Crippen molar-refractivity contribution in [1.29, 1.82) is 0 Å². The second-order valence-electron chi connectivity index (χ2n) is 8.01. The molecule has 144 valence electrons. The van der Waals surface area contributed by atoms with Crippen LogP contribution in [0.1, 0.15) is 40.0 Å². The quantitative estimate of drug-likeness (QED) is 0.681. The van der Waals surface area contributed by atoms with Crippen LogP contribution in [0.3, 0.4) is 0 Å². The van der Waals surface area contributed by atoms with Crippen LogP contribution in [0.15, 0.2) is 0 Å². The predicted molar refractivity (Wildman–Crippen MR) is 94.9 cm³/mol. The summed E-state index contributed by atoms with van der Waals surface area (Å²) in [6.07, 6.45) is 1.69. The maximum absolute atomic E-state index is 12.2. The van der Waals surface area contributed by atoms with Crippen LogP contribution in [0.4, 0.5) is 4.79 Å². The van der Waals surface area contributed by atoms with Crippen molar-refractivity contribution < 1.29 is 22.7 Å². The fraction of sp³-hybridized carbons (Fsp3) is 0.875. The Bertz CT molecular complexity index is 617. The molecule has 2 rings (SSSR count). The first-order chi connectivity index (χ1) is 11.4. The van der Waals surface area contributed by atoms with Gasteiger partial charge in [0.15, 0.2) is 0 Å². The van der Waals surface area contributed by atoms with Gasteiger partial charge in [-0.3, -0.25) is 4.79 Å². The van der Waals surface area contributed by atoms with Gasteiger partial charge in [-0.05, 0) is 39.5 Å². The van der Waals surface area contributed by atoms with Crippen molar-refractivity contribution in [3.05, 3.63) is 0 Å². The highest BCUT2D eigenvalue weighted by atomic mass is 35.7. The molecule has 0 saturated carbocycles. The second kappa shape index (κ2) is 7.70. The van der Waals surface area contributed by atoms with Crippen LogP contribution in [0.2, 0.25) is 0 Å². The van der Waals surface area contributed by atoms with Crippen molar-refractivity contribution in [3.8, 4) is 0 Å². The minimum atomic E-state index is -3.60. The molecule has 0 aliphatic carbocycles. The SMILES string of the molecule is CC(C)(C)OC(=O)N1CCCC(CN2CC(CS(=O)(=O)Cl)CC2=O)C1. The number of hydrogen-bond donors (Lipinski definition) is 0. The van der Waals surface area contributed by atoms with Gasteiger partial charge in [0, 0.05) is 49.2 Å². The molecule has 2 amide bonds. The standard InChI is InChI=1S/C16H27ClN2O5S/c1-16(2,3)24-15(21)18-6-4-5-12(8-18)9-19-10-13(7-14(19)20)11-25(17,22)23/h12-13H,4-11H2,1-3H3. The van der Waals surface area contributed by atoms with E-state index in [4.69, 9.17) is 15.4 Å². The molecule has 0 aromatic rings. The highest BCUT2D eigenvalue weighted by molar-refractivity contribution is 8.13. The lowest BCUT2D eigenvalue weighted by Gasteiger charge is -2.35. The summed E-state index contributed by atoms with van der Waals surface area (Å²) in [7, 11) is 1.69. The molecule has 2 unspecified atom stereocenters. The molecule has 0 N–H and O–H groups in total. The number of halogens is 1. The Labute approximate surface area is 154 Å². The Kier molecular flexibility index (Phi) is 6.25. The van der Waals surface area contributed by atoms with E-state index in [-0.39, 0.29) is 36.0 Å². The number of ether oxygens (including phenoxy) is 1. The summed E-state index contributed by atoms with van der Waals surface area (Å²) in [6.45, 7) is 7.66. The van der Waals surface area contributed by atoms with Crippen LogP contribution in [0.5, 0.6) is 0 Å². The Morgan fingerprint density at radius 1 is 1.28 bits per heavy atom. The van der Waals surface area contributed by atoms with Crippen molar-refractivity contribution in [2.24, 2.45) is 11.8 Å². The fourth-order valence-electron chi connectivity index (χ4n) is 3.44. The van der Waals surface area contributed by atoms with Gasteiger partial charge in [0.1, 0.15) is 5.60 Å². The van der Waals surface area contributed by atoms with Gasteiger partial charge in [-0.1, -0.05) is 0 Å². The van der Waals surface area contributed by atoms with Crippen LogP contribution >= 0.6 is 10.7 Å². The van der Waals surface area contributed by atoms with Crippen LogP contribution in [-0.4, -0.2) is 67.8 Å². The average Bonchev–Trinajstić information content (AvgIpc) is 2.74. The first-order valence-electron chi connectivity index (χ1n) is 8.61. The third-order valence-electron chi connectivity index (χ3n) is 4.38. The Balaban J connectivity index is 1.88. The zero-order valence-electron chi connectivity index (χ0n) is 15.0. The molecule has 7 nitrogen and oxygen atoms in total. The smallest absolute Gasteiger partial charge is 0.410 e. The number of rotatable bonds is 4. The van der Waals surface area contributed by atoms with Crippen molar-refractivity contribution in [2.45, 2.75) is 45.6 Å². The summed E-state index contributed by atoms with van der Waals surface area (Å²) in [5.74, 6) is -0.289. The van der Waals surface area contributed by atoms with Crippen LogP contribution < -0.4 is 0 Å². The molecule has 2 aliphatic heterocycles. The summed E-state index contributed by atoms with van der Waals surface area (Å²) in [6, 6.07) is 0. The highest BCUT2D eigenvalue weighted by Crippen LogP contribution is 2.25. The van der Waals surface area contributed by atoms with Crippen LogP contribution in [0.25, 0.3) is 0 Å². The maximum Gasteiger partial charge on any atom is 0.410 e. The van der Waals surface area contributed by atoms with Gasteiger partial charge < -0.3 is 14.5 Å². The summed E-state index contributed by atoms with van der Waals surface area (Å²) >= 11 is 0. The third kappa shape index (κ3) is 6.66. The van der Waals surface area contributed by atoms with Crippen molar-refractivity contribution in [1.82, 2.24) is 9.80 Å². The molecule has 0 bridgehead atoms. The monoisotopic (exact) mass is 394 g/mol. The van der Waals surface area contributed by atoms with E-state index in [9.17, 15) is 18.0 Å². The molecule has 2 saturated heterocycles. The number of carbonyl (C=O) groups is 2. The summed E-state index contributed by atoms with van der Waals surface area (Å²) in [5.41, 5.74) is -0.533. The largest absolute Gasteiger partial charge is 0.444 e. The first kappa shape index (κ1) is 20.3. The van der Waals surface area contributed by atoms with E-state index in [0.717, 1.165) is 12.8 Å². The minimum Gasteiger partial charge on any atom is -0.444 e. The zero-order chi connectivity index (χ0) is 18.8. The third-order valence-corrected chi connectivity index (χ3v) is 5.63. The zero-order valence-corrected chi connectivity index (χ0v) is 16.6. The first-order valence-corrected chi connectivity index (χ1v) is 11.1. The number of nitrogens with zero attached hydrogens (tertiary/aromatic N) is 2. The Morgan fingerprint density at radius 3 is 2.56 bits per heavy atom. The molecule has 2 heterocycles. The topological polar surface area (TPSA) is 84.0 Å². The van der Waals surface area contributed by atoms with E-state index in [0.29, 0.717) is 26.2 Å². The second-order valence-corrected chi connectivity index (χ2v) is 10.8. The lowest BCUT2D eigenvalue weighted by Crippen LogP contribution is -2.45. The lowest BCUT2D eigenvalue weighted by atomic mass is 9.98. The van der Waals surface area contributed by atoms with Gasteiger partial charge >= 0.3 is 6.09 Å². The van der Waals surface area contributed by atoms with Crippen molar-refractivity contribution >= 4 is 31.7 Å². The van der Waals surface area contributed by atoms with E-state index >= 15 is 0 Å². The van der Waals surface area contributed by atoms with Crippen molar-refractivity contribution in [2.75, 3.05) is 31.9 Å². The van der Waals surface area contributed by atoms with Crippen molar-refractivity contribution in [3.63, 3.8) is 0 Å². The lowest BCUT2D eigenvalue weighted by molar-refractivity contribution is -0.128. The highest BCUT2D eigenvalue weighted by Gasteiger charge is 2.35. The molecule has 0 radical (unpaired) electrons. The molecule has 2 atom stereocenters. The summed E-state index contributed by atoms with van der Waals surface area (Å²) in [5, 5.41) is 0. The number of carbonyl (C=O) groups excluding carboxylic acids is 2. The molecular formula is C16H27ClN2O5S. The van der Waals surface area contributed by atoms with E-state index in [2.05, 4.69) is 0 Å². The number of hydrogen-bond acceptors (Lipinski definition) is 5. The minimum absolute atomic E-state index is 0.0419. The Morgan fingerprint density at radius 2 is 1.96 bits per heavy atom. The van der Waals surface area contributed by atoms with Crippen LogP contribution in [-0.2, 0) is 18.6 Å². The Hall–Kier alpha value is -1.02. The van der Waals surface area contributed by atoms with Gasteiger partial charge in [-0.15, -0.1) is 0 Å². The van der Waals surface area contributed by atoms with E-state index in [1.54, 1.807) is 9.80 Å². The van der Waals surface area contributed by atoms with Gasteiger partial charge in [0.05, 0.1) is 5.75 Å². The van der Waals surface area contributed by atoms with E-state index < -0.39 is 14.7 Å². The molecule has 9 heteroatoms. The fourth-order valence-corrected chi connectivity index (χ4v) is 4.76. The molecular weight excluding hydrogens is 368 g/mol. The van der Waals surface area contributed by atoms with Crippen LogP contribution in [0, 0.1) is 11.8 Å². The number of likely N-dealkylation sites (tertiary alicyclic amines) is 2. The molecule has 0 aromatic carbocycles. The molecule has 25 heavy (non-hydrogen) atoms. The summed E-state index contributed by atoms with van der Waals surface area (Å²) in [4.78, 5) is 27.7. The normalized spacial score (nSPS) is 25.4. The molecule has 0 aromatic heterocycles. The van der Waals surface area contributed by atoms with E-state index in [1.165, 1.54) is 0 Å². The maximum atomic E-state index is 12.2. The molecule has 2 fully saturated rings. The average molecular weight is 395 g/mol. The predicted octanol–water partition coefficient (Wildman–Crippen LogP) is 2.05. The van der Waals surface area contributed by atoms with E-state index in [1.807, 2.05) is 20.8 Å². The number of piperidine rings is 1. The molecule has 0 spiro atoms. The summed E-state index contributed by atoms with van der Waals surface area (Å²) < 4.78 is 27.8. The molecule has 2 aliphatic rings. The van der Waals surface area contributed by atoms with Gasteiger partial charge in [0.25, 0.3) is 0 Å². The number of amides is 2. The van der Waals surface area contributed by atoms with Gasteiger partial charge in [-0.25, -0.2) is 13.2 Å². The van der Waals surface area contributed by atoms with Gasteiger partial charge in [0.2, 0.25) is 15.0 Å².